The first kappa shape index (κ1) is 32.4. The van der Waals surface area contributed by atoms with E-state index in [1.807, 2.05) is 32.1 Å². The van der Waals surface area contributed by atoms with Gasteiger partial charge in [-0.2, -0.15) is 0 Å². The van der Waals surface area contributed by atoms with Crippen LogP contribution in [0.5, 0.6) is 0 Å². The Morgan fingerprint density at radius 2 is 1.92 bits per heavy atom. The van der Waals surface area contributed by atoms with Crippen LogP contribution in [-0.2, 0) is 9.53 Å². The lowest BCUT2D eigenvalue weighted by Crippen LogP contribution is -2.59. The van der Waals surface area contributed by atoms with Crippen LogP contribution >= 0.6 is 0 Å². The lowest BCUT2D eigenvalue weighted by Gasteiger charge is -2.55. The van der Waals surface area contributed by atoms with E-state index < -0.39 is 17.1 Å². The van der Waals surface area contributed by atoms with Crippen molar-refractivity contribution in [1.82, 2.24) is 0 Å². The normalized spacial score (nSPS) is 31.2. The van der Waals surface area contributed by atoms with Crippen molar-refractivity contribution in [1.29, 1.82) is 0 Å². The first-order chi connectivity index (χ1) is 18.1. The third-order valence-electron chi connectivity index (χ3n) is 8.68. The third-order valence-corrected chi connectivity index (χ3v) is 8.68. The highest BCUT2D eigenvalue weighted by molar-refractivity contribution is 5.74. The van der Waals surface area contributed by atoms with Crippen molar-refractivity contribution < 1.29 is 30.0 Å². The summed E-state index contributed by atoms with van der Waals surface area (Å²) in [5, 5.41) is 42.7. The lowest BCUT2D eigenvalue weighted by molar-refractivity contribution is -0.167. The Morgan fingerprint density at radius 3 is 2.55 bits per heavy atom. The summed E-state index contributed by atoms with van der Waals surface area (Å²) in [5.74, 6) is -0.440. The molecule has 2 saturated carbocycles. The number of hydrogen-bond acceptors (Lipinski definition) is 6. The van der Waals surface area contributed by atoms with Crippen molar-refractivity contribution in [2.45, 2.75) is 90.8 Å². The van der Waals surface area contributed by atoms with Crippen LogP contribution in [0.2, 0.25) is 0 Å². The molecule has 2 rings (SSSR count). The summed E-state index contributed by atoms with van der Waals surface area (Å²) in [6, 6.07) is 0. The summed E-state index contributed by atoms with van der Waals surface area (Å²) in [5.41, 5.74) is 2.90. The summed E-state index contributed by atoms with van der Waals surface area (Å²) in [4.78, 5) is 11.8. The van der Waals surface area contributed by atoms with Crippen LogP contribution in [0, 0.1) is 17.3 Å². The van der Waals surface area contributed by atoms with E-state index in [4.69, 9.17) is 4.74 Å². The van der Waals surface area contributed by atoms with Gasteiger partial charge in [-0.25, -0.2) is 0 Å². The predicted octanol–water partition coefficient (Wildman–Crippen LogP) is 4.99. The van der Waals surface area contributed by atoms with E-state index in [1.165, 1.54) is 5.57 Å². The van der Waals surface area contributed by atoms with Gasteiger partial charge in [0.15, 0.2) is 0 Å². The minimum absolute atomic E-state index is 0.0180. The zero-order valence-corrected chi connectivity index (χ0v) is 23.9. The van der Waals surface area contributed by atoms with E-state index in [-0.39, 0.29) is 38.3 Å². The molecule has 1 spiro atoms. The highest BCUT2D eigenvalue weighted by atomic mass is 16.5. The fraction of sp³-hybridized carbons (Fsp3) is 0.656. The molecule has 2 fully saturated rings. The van der Waals surface area contributed by atoms with Crippen LogP contribution < -0.4 is 0 Å². The van der Waals surface area contributed by atoms with Crippen molar-refractivity contribution >= 4 is 6.29 Å². The van der Waals surface area contributed by atoms with Gasteiger partial charge in [0, 0.05) is 17.9 Å². The van der Waals surface area contributed by atoms with E-state index in [0.717, 1.165) is 35.8 Å². The molecule has 0 bridgehead atoms. The highest BCUT2D eigenvalue weighted by Crippen LogP contribution is 2.62. The van der Waals surface area contributed by atoms with Gasteiger partial charge >= 0.3 is 0 Å². The number of carbonyl (C=O) groups excluding carboxylic acids is 1. The van der Waals surface area contributed by atoms with Crippen LogP contribution in [0.1, 0.15) is 79.1 Å². The van der Waals surface area contributed by atoms with Gasteiger partial charge in [0.25, 0.3) is 0 Å². The largest absolute Gasteiger partial charge is 0.396 e. The molecule has 0 aliphatic heterocycles. The van der Waals surface area contributed by atoms with E-state index >= 15 is 0 Å². The number of hydrogen-bond donors (Lipinski definition) is 4. The summed E-state index contributed by atoms with van der Waals surface area (Å²) in [6.45, 7) is 12.3. The standard InChI is InChI=1S/C32H50O6/c1-23(2)9-6-10-24(3)11-7-12-26(22-38-20-19-34)28-15-17-32(30(28)36)29(13-8-18-33)27(25(4)21-35)14-16-31(32,5)37/h7,9,11-12,21,28-30,33-34,36-37H,3,6,8,10,13-20,22H2,1-2,4-5H3/b11-7+,26-12-,27-25-/t28-,29-,30+,31+,32+/m0/s1. The molecule has 4 N–H and O–H groups in total. The molecule has 2 aliphatic carbocycles. The van der Waals surface area contributed by atoms with Crippen molar-refractivity contribution in [3.63, 3.8) is 0 Å². The van der Waals surface area contributed by atoms with E-state index in [0.29, 0.717) is 44.1 Å². The molecule has 0 aromatic carbocycles. The molecule has 5 atom stereocenters. The zero-order chi connectivity index (χ0) is 28.3. The van der Waals surface area contributed by atoms with Crippen LogP contribution in [0.25, 0.3) is 0 Å². The summed E-state index contributed by atoms with van der Waals surface area (Å²) >= 11 is 0. The van der Waals surface area contributed by atoms with E-state index in [1.54, 1.807) is 0 Å². The smallest absolute Gasteiger partial charge is 0.145 e. The molecule has 0 saturated heterocycles. The van der Waals surface area contributed by atoms with Crippen molar-refractivity contribution in [3.8, 4) is 0 Å². The summed E-state index contributed by atoms with van der Waals surface area (Å²) < 4.78 is 5.71. The molecule has 0 aromatic heterocycles. The van der Waals surface area contributed by atoms with Crippen molar-refractivity contribution in [2.24, 2.45) is 17.3 Å². The van der Waals surface area contributed by atoms with Crippen LogP contribution in [0.3, 0.4) is 0 Å². The zero-order valence-electron chi connectivity index (χ0n) is 23.9. The van der Waals surface area contributed by atoms with Gasteiger partial charge in [0.2, 0.25) is 0 Å². The van der Waals surface area contributed by atoms with Gasteiger partial charge in [-0.3, -0.25) is 4.79 Å². The van der Waals surface area contributed by atoms with Gasteiger partial charge in [0.05, 0.1) is 31.5 Å². The fourth-order valence-electron chi connectivity index (χ4n) is 6.63. The predicted molar refractivity (Wildman–Crippen MR) is 153 cm³/mol. The molecule has 0 radical (unpaired) electrons. The van der Waals surface area contributed by atoms with Gasteiger partial charge in [-0.1, -0.05) is 47.6 Å². The molecule has 0 aromatic rings. The molecule has 214 valence electrons. The number of aliphatic hydroxyl groups is 4. The number of ether oxygens (including phenoxy) is 1. The number of rotatable bonds is 14. The van der Waals surface area contributed by atoms with Crippen LogP contribution in [0.4, 0.5) is 0 Å². The van der Waals surface area contributed by atoms with Crippen molar-refractivity contribution in [3.05, 3.63) is 58.7 Å². The minimum Gasteiger partial charge on any atom is -0.396 e. The van der Waals surface area contributed by atoms with Gasteiger partial charge in [-0.05, 0) is 96.1 Å². The van der Waals surface area contributed by atoms with E-state index in [9.17, 15) is 25.2 Å². The van der Waals surface area contributed by atoms with Gasteiger partial charge in [-0.15, -0.1) is 0 Å². The van der Waals surface area contributed by atoms with Crippen LogP contribution in [-0.4, -0.2) is 64.8 Å². The van der Waals surface area contributed by atoms with Crippen molar-refractivity contribution in [2.75, 3.05) is 26.4 Å². The molecule has 0 amide bonds. The molecule has 2 aliphatic rings. The first-order valence-electron chi connectivity index (χ1n) is 14.1. The Balaban J connectivity index is 2.42. The fourth-order valence-corrected chi connectivity index (χ4v) is 6.63. The second-order valence-corrected chi connectivity index (χ2v) is 11.5. The number of allylic oxidation sites excluding steroid dienone is 8. The SMILES string of the molecule is C=C(/C=C/C=C(/COCCO)[C@@H]1CC[C@]2([C@@H]1O)[C@@H](CCCO)/C(=C(/C)C=O)CC[C@@]2(C)O)CCC=C(C)C. The Hall–Kier alpha value is -1.83. The molecular formula is C32H50O6. The Kier molecular flexibility index (Phi) is 12.9. The Morgan fingerprint density at radius 1 is 1.18 bits per heavy atom. The monoisotopic (exact) mass is 530 g/mol. The topological polar surface area (TPSA) is 107 Å². The molecule has 0 unspecified atom stereocenters. The van der Waals surface area contributed by atoms with E-state index in [2.05, 4.69) is 26.5 Å². The maximum atomic E-state index is 12.0. The maximum Gasteiger partial charge on any atom is 0.145 e. The van der Waals surface area contributed by atoms with Gasteiger partial charge < -0.3 is 25.2 Å². The minimum atomic E-state index is -1.12. The highest BCUT2D eigenvalue weighted by Gasteiger charge is 2.63. The number of aldehydes is 1. The van der Waals surface area contributed by atoms with Crippen LogP contribution in [0.15, 0.2) is 58.7 Å². The number of carbonyl (C=O) groups is 1. The Bertz CT molecular complexity index is 920. The second-order valence-electron chi connectivity index (χ2n) is 11.5. The molecule has 6 heteroatoms. The Labute approximate surface area is 229 Å². The molecule has 6 nitrogen and oxygen atoms in total. The molecule has 38 heavy (non-hydrogen) atoms. The number of aliphatic hydroxyl groups excluding tert-OH is 3. The lowest BCUT2D eigenvalue weighted by atomic mass is 9.52. The molecule has 0 heterocycles. The quantitative estimate of drug-likeness (QED) is 0.0829. The maximum absolute atomic E-state index is 12.0. The third kappa shape index (κ3) is 7.64. The average Bonchev–Trinajstić information content (AvgIpc) is 3.21. The van der Waals surface area contributed by atoms with Gasteiger partial charge in [0.1, 0.15) is 6.29 Å². The summed E-state index contributed by atoms with van der Waals surface area (Å²) in [6.07, 6.45) is 13.4. The molecular weight excluding hydrogens is 480 g/mol. The first-order valence-corrected chi connectivity index (χ1v) is 14.1. The summed E-state index contributed by atoms with van der Waals surface area (Å²) in [7, 11) is 0. The second kappa shape index (κ2) is 15.1. The average molecular weight is 531 g/mol.